The molecule has 3 saturated heterocycles. The van der Waals surface area contributed by atoms with E-state index in [1.807, 2.05) is 303 Å². The lowest BCUT2D eigenvalue weighted by Crippen LogP contribution is -2.70. The van der Waals surface area contributed by atoms with E-state index in [2.05, 4.69) is 32.0 Å². The van der Waals surface area contributed by atoms with Crippen molar-refractivity contribution in [3.63, 3.8) is 0 Å². The van der Waals surface area contributed by atoms with Gasteiger partial charge in [0.15, 0.2) is 25.0 Å². The van der Waals surface area contributed by atoms with Crippen LogP contribution in [0, 0.1) is 0 Å². The van der Waals surface area contributed by atoms with Gasteiger partial charge in [-0.2, -0.15) is 0 Å². The maximum absolute atomic E-state index is 14.3. The van der Waals surface area contributed by atoms with Gasteiger partial charge in [-0.15, -0.1) is 0 Å². The van der Waals surface area contributed by atoms with Crippen molar-refractivity contribution in [2.45, 2.75) is 209 Å². The molecule has 21 atom stereocenters. The maximum Gasteiger partial charge on any atom is 0.369 e. The van der Waals surface area contributed by atoms with Crippen LogP contribution in [0.3, 0.4) is 0 Å². The summed E-state index contributed by atoms with van der Waals surface area (Å²) in [5.74, 6) is -1.26. The molecule has 2 N–H and O–H groups in total. The third kappa shape index (κ3) is 25.5. The van der Waals surface area contributed by atoms with Crippen LogP contribution in [0.5, 0.6) is 0 Å². The van der Waals surface area contributed by atoms with Crippen LogP contribution in [-0.4, -0.2) is 182 Å². The number of hydrogen-bond donors (Lipinski definition) is 2. The van der Waals surface area contributed by atoms with E-state index < -0.39 is 147 Å². The monoisotopic (exact) mass is 1700 g/mol. The summed E-state index contributed by atoms with van der Waals surface area (Å²) in [4.78, 5) is 31.8. The number of azide groups is 1. The highest BCUT2D eigenvalue weighted by molar-refractivity contribution is 5.98. The molecule has 0 spiro atoms. The summed E-state index contributed by atoms with van der Waals surface area (Å²) in [6, 6.07) is 93.4. The average Bonchev–Trinajstić information content (AvgIpc) is 0.750. The summed E-state index contributed by atoms with van der Waals surface area (Å²) < 4.78 is 128. The lowest BCUT2D eigenvalue weighted by atomic mass is 9.83. The number of amides is 1. The molecule has 25 nitrogen and oxygen atoms in total. The summed E-state index contributed by atoms with van der Waals surface area (Å²) in [5.41, 5.74) is 19.5. The molecule has 1 aliphatic carbocycles. The molecular weight excluding hydrogens is 1600 g/mol. The third-order valence-corrected chi connectivity index (χ3v) is 22.2. The van der Waals surface area contributed by atoms with Gasteiger partial charge in [0, 0.05) is 18.8 Å². The second-order valence-corrected chi connectivity index (χ2v) is 31.1. The lowest BCUT2D eigenvalue weighted by Gasteiger charge is -2.53. The van der Waals surface area contributed by atoms with Crippen LogP contribution in [0.15, 0.2) is 308 Å². The number of carbonyl (C=O) groups is 2. The zero-order chi connectivity index (χ0) is 85.4. The number of aliphatic hydroxyl groups is 1. The van der Waals surface area contributed by atoms with Crippen LogP contribution in [-0.2, 0) is 160 Å². The van der Waals surface area contributed by atoms with E-state index in [4.69, 9.17) is 84.3 Å². The van der Waals surface area contributed by atoms with Gasteiger partial charge in [0.1, 0.15) is 97.5 Å². The van der Waals surface area contributed by atoms with E-state index in [0.717, 1.165) is 44.5 Å². The number of aliphatic hydroxyl groups excluding tert-OH is 1. The molecule has 2 radical (unpaired) electrons. The molecule has 21 unspecified atom stereocenters. The number of benzene rings is 10. The molecule has 26 heteroatoms. The van der Waals surface area contributed by atoms with E-state index in [0.29, 0.717) is 11.1 Å². The van der Waals surface area contributed by atoms with Crippen LogP contribution in [0.25, 0.3) is 10.4 Å². The highest BCUT2D eigenvalue weighted by Crippen LogP contribution is 2.42. The van der Waals surface area contributed by atoms with Crippen molar-refractivity contribution in [1.29, 1.82) is 0 Å². The van der Waals surface area contributed by atoms with E-state index >= 15 is 0 Å². The van der Waals surface area contributed by atoms with Gasteiger partial charge in [0.2, 0.25) is 5.91 Å². The first-order valence-corrected chi connectivity index (χ1v) is 42.3. The normalized spacial score (nSPS) is 26.8. The molecule has 1 saturated carbocycles. The van der Waals surface area contributed by atoms with Crippen LogP contribution >= 0.6 is 0 Å². The fourth-order valence-corrected chi connectivity index (χ4v) is 16.3. The number of rotatable bonds is 43. The second-order valence-electron chi connectivity index (χ2n) is 30.8. The Labute approximate surface area is 731 Å². The standard InChI is InChI=1S/C98H105N4O21.Al/c1-66(104)100-81-87(110-57-71-39-19-6-20-40-71)84(109-56-70-37-17-5-18-38-70)79(64-107-54-68-33-13-3-14-34-68)119-96(81)121-85-78(53-103)118-98(95(117-67(2)105)91(85)113-60-74-45-25-9-26-46-74)122-86-80(65-108-55-69-35-15-4-16-36-69)120-97(82(101-102-99)88(86)111-58-72-41-21-7-22-42-72)123-90-83(106)89(112-59-73-43-23-8-24-44-73)92(114-61-75-47-27-10-28-48-75)94(116-63-77-51-31-12-32-52-77)93(90)115-62-76-49-29-11-30-50-76;/h3-52,78-98,103H,53-65H2,1-2H3,(H,100,104);/q-1;+1. The predicted octanol–water partition coefficient (Wildman–Crippen LogP) is 14.0. The highest BCUT2D eigenvalue weighted by Gasteiger charge is 2.60. The van der Waals surface area contributed by atoms with Gasteiger partial charge in [-0.05, 0) is 61.2 Å². The predicted molar refractivity (Wildman–Crippen MR) is 457 cm³/mol. The molecule has 646 valence electrons. The topological polar surface area (TPSA) is 281 Å². The fraction of sp³-hybridized carbons (Fsp3) is 0.367. The minimum absolute atomic E-state index is 0.0469. The molecule has 3 heterocycles. The van der Waals surface area contributed by atoms with Crippen molar-refractivity contribution >= 4 is 28.5 Å². The zero-order valence-corrected chi connectivity index (χ0v) is 70.4. The van der Waals surface area contributed by atoms with Crippen molar-refractivity contribution < 1.29 is 99.0 Å². The Hall–Kier alpha value is -9.74. The first-order valence-electron chi connectivity index (χ1n) is 41.9. The summed E-state index contributed by atoms with van der Waals surface area (Å²) in [5, 5.41) is 19.9. The average molecular weight is 1700 g/mol. The molecule has 0 bridgehead atoms. The van der Waals surface area contributed by atoms with Gasteiger partial charge < -0.3 is 94.7 Å². The highest BCUT2D eigenvalue weighted by atomic mass is 27.1. The smallest absolute Gasteiger partial charge is 0.369 e. The van der Waals surface area contributed by atoms with Crippen molar-refractivity contribution in [2.24, 2.45) is 5.11 Å². The van der Waals surface area contributed by atoms with E-state index in [9.17, 15) is 20.2 Å². The minimum atomic E-state index is -1.74. The van der Waals surface area contributed by atoms with E-state index in [-0.39, 0.29) is 79.3 Å². The Morgan fingerprint density at radius 3 is 0.952 bits per heavy atom. The molecule has 14 rings (SSSR count). The number of nitrogens with zero attached hydrogens (tertiary/aromatic N) is 3. The van der Waals surface area contributed by atoms with Crippen molar-refractivity contribution in [2.75, 3.05) is 19.8 Å². The molecule has 10 aromatic rings. The van der Waals surface area contributed by atoms with E-state index in [1.165, 1.54) is 13.8 Å². The third-order valence-electron chi connectivity index (χ3n) is 21.9. The summed E-state index contributed by atoms with van der Waals surface area (Å²) in [6.45, 7) is 2.04. The Morgan fingerprint density at radius 1 is 0.339 bits per heavy atom. The van der Waals surface area contributed by atoms with Gasteiger partial charge in [-0.25, -0.2) is 0 Å². The van der Waals surface area contributed by atoms with Gasteiger partial charge in [0.25, 0.3) is 0 Å². The minimum Gasteiger partial charge on any atom is -0.510 e. The van der Waals surface area contributed by atoms with Crippen LogP contribution in [0.1, 0.15) is 69.5 Å². The first kappa shape index (κ1) is 90.5. The number of esters is 1. The van der Waals surface area contributed by atoms with Gasteiger partial charge >= 0.3 is 22.6 Å². The molecule has 4 fully saturated rings. The van der Waals surface area contributed by atoms with Crippen LogP contribution < -0.4 is 5.32 Å². The molecule has 4 aliphatic rings. The largest absolute Gasteiger partial charge is 0.510 e. The number of hydrogen-bond acceptors (Lipinski definition) is 22. The summed E-state index contributed by atoms with van der Waals surface area (Å²) >= 11 is 2.42. The van der Waals surface area contributed by atoms with Gasteiger partial charge in [0.05, 0.1) is 92.0 Å². The molecule has 10 aromatic carbocycles. The quantitative estimate of drug-likeness (QED) is 0.0118. The van der Waals surface area contributed by atoms with Crippen molar-refractivity contribution in [3.05, 3.63) is 369 Å². The summed E-state index contributed by atoms with van der Waals surface area (Å²) in [7, 11) is 0. The molecule has 124 heavy (non-hydrogen) atoms. The van der Waals surface area contributed by atoms with Crippen LogP contribution in [0.2, 0.25) is 0 Å². The Bertz CT molecular complexity index is 4800. The fourth-order valence-electron chi connectivity index (χ4n) is 15.9. The number of ether oxygens (including phenoxy) is 17. The SMILES string of the molecule is CC(=O)NC1C(OC2C(CO)OC(OC3C(COCc4ccccc4)OC(OC4C([O][Al])C(OCc5ccccc5)C(OCc5ccccc5)C(OCc5ccccc5)C4OCc4ccccc4)C(N=[N+]=[N-])C3OCc3ccccc3)C(OC(C)=O)C2OCc2ccccc2)OC(COCc2ccccc2)C(OCc2ccccc2)C1OCc1ccccc1. The Balaban J connectivity index is 0.864. The maximum atomic E-state index is 14.3. The van der Waals surface area contributed by atoms with E-state index in [1.54, 1.807) is 0 Å². The molecule has 1 amide bonds. The van der Waals surface area contributed by atoms with Gasteiger partial charge in [-0.1, -0.05) is 308 Å². The molecule has 0 aromatic heterocycles. The lowest BCUT2D eigenvalue weighted by molar-refractivity contribution is -0.380. The van der Waals surface area contributed by atoms with Crippen molar-refractivity contribution in [3.8, 4) is 0 Å². The van der Waals surface area contributed by atoms with Crippen LogP contribution in [0.4, 0.5) is 0 Å². The Kier molecular flexibility index (Phi) is 34.7. The first-order chi connectivity index (χ1) is 61.0. The van der Waals surface area contributed by atoms with Crippen molar-refractivity contribution in [1.82, 2.24) is 5.32 Å². The number of carbonyl (C=O) groups excluding carboxylic acids is 2. The Morgan fingerprint density at radius 2 is 0.613 bits per heavy atom. The van der Waals surface area contributed by atoms with Gasteiger partial charge in [-0.3, -0.25) is 9.59 Å². The second kappa shape index (κ2) is 47.5. The summed E-state index contributed by atoms with van der Waals surface area (Å²) in [6.07, 6.45) is -24.4. The zero-order valence-electron chi connectivity index (χ0n) is 69.2. The molecular formula is C98H105AlN4O21. The number of nitrogens with one attached hydrogen (secondary N) is 1. The molecule has 3 aliphatic heterocycles.